The maximum atomic E-state index is 11.4. The fourth-order valence-electron chi connectivity index (χ4n) is 1.52. The molecule has 0 saturated heterocycles. The van der Waals surface area contributed by atoms with Gasteiger partial charge < -0.3 is 9.64 Å². The Morgan fingerprint density at radius 1 is 1.50 bits per heavy atom. The lowest BCUT2D eigenvalue weighted by Crippen LogP contribution is -2.33. The highest BCUT2D eigenvalue weighted by atomic mass is 32.1. The number of ether oxygens (including phenoxy) is 1. The molecule has 0 N–H and O–H groups in total. The predicted molar refractivity (Wildman–Crippen MR) is 75.2 cm³/mol. The van der Waals surface area contributed by atoms with Crippen LogP contribution in [0.15, 0.2) is 5.38 Å². The van der Waals surface area contributed by atoms with Gasteiger partial charge in [-0.1, -0.05) is 13.8 Å². The highest BCUT2D eigenvalue weighted by Crippen LogP contribution is 2.23. The van der Waals surface area contributed by atoms with Crippen molar-refractivity contribution in [3.63, 3.8) is 0 Å². The van der Waals surface area contributed by atoms with E-state index in [4.69, 9.17) is 4.74 Å². The van der Waals surface area contributed by atoms with Crippen LogP contribution in [0.2, 0.25) is 0 Å². The number of anilines is 1. The third kappa shape index (κ3) is 3.98. The molecule has 1 aromatic rings. The molecule has 0 bridgehead atoms. The van der Waals surface area contributed by atoms with Crippen LogP contribution in [0, 0.1) is 5.92 Å². The van der Waals surface area contributed by atoms with Crippen molar-refractivity contribution < 1.29 is 9.53 Å². The zero-order chi connectivity index (χ0) is 13.7. The van der Waals surface area contributed by atoms with Crippen LogP contribution in [0.3, 0.4) is 0 Å². The highest BCUT2D eigenvalue weighted by Gasteiger charge is 2.17. The molecule has 1 rings (SSSR count). The number of aromatic nitrogens is 1. The third-order valence-electron chi connectivity index (χ3n) is 3.05. The summed E-state index contributed by atoms with van der Waals surface area (Å²) in [4.78, 5) is 18.0. The standard InChI is InChI=1S/C13H22N2O2S/c1-6-17-12(16)7-11-8-18-13(14-11)15(5)10(4)9(2)3/h8-10H,6-7H2,1-5H3. The Hall–Kier alpha value is -1.10. The molecule has 4 nitrogen and oxygen atoms in total. The molecule has 0 radical (unpaired) electrons. The number of carbonyl (C=O) groups is 1. The van der Waals surface area contributed by atoms with Gasteiger partial charge in [0.1, 0.15) is 0 Å². The molecule has 1 unspecified atom stereocenters. The first-order chi connectivity index (χ1) is 8.45. The average Bonchev–Trinajstić information content (AvgIpc) is 2.75. The van der Waals surface area contributed by atoms with Gasteiger partial charge in [0.2, 0.25) is 0 Å². The Balaban J connectivity index is 2.65. The lowest BCUT2D eigenvalue weighted by atomic mass is 10.1. The minimum absolute atomic E-state index is 0.214. The van der Waals surface area contributed by atoms with Gasteiger partial charge in [-0.3, -0.25) is 4.79 Å². The molecule has 0 aromatic carbocycles. The van der Waals surface area contributed by atoms with Gasteiger partial charge in [-0.2, -0.15) is 0 Å². The molecule has 102 valence electrons. The van der Waals surface area contributed by atoms with E-state index in [-0.39, 0.29) is 12.4 Å². The van der Waals surface area contributed by atoms with Crippen LogP contribution < -0.4 is 4.90 Å². The Kier molecular flexibility index (Phi) is 5.59. The summed E-state index contributed by atoms with van der Waals surface area (Å²) >= 11 is 1.57. The summed E-state index contributed by atoms with van der Waals surface area (Å²) in [5, 5.41) is 2.88. The van der Waals surface area contributed by atoms with Gasteiger partial charge >= 0.3 is 5.97 Å². The predicted octanol–water partition coefficient (Wildman–Crippen LogP) is 2.73. The van der Waals surface area contributed by atoms with Crippen molar-refractivity contribution >= 4 is 22.4 Å². The molecule has 0 spiro atoms. The number of rotatable bonds is 6. The van der Waals surface area contributed by atoms with E-state index >= 15 is 0 Å². The quantitative estimate of drug-likeness (QED) is 0.745. The van der Waals surface area contributed by atoms with Gasteiger partial charge in [-0.15, -0.1) is 11.3 Å². The summed E-state index contributed by atoms with van der Waals surface area (Å²) in [6.45, 7) is 8.78. The van der Waals surface area contributed by atoms with Crippen LogP contribution in [0.5, 0.6) is 0 Å². The van der Waals surface area contributed by atoms with E-state index in [9.17, 15) is 4.79 Å². The number of carbonyl (C=O) groups excluding carboxylic acids is 1. The highest BCUT2D eigenvalue weighted by molar-refractivity contribution is 7.13. The van der Waals surface area contributed by atoms with E-state index in [2.05, 4.69) is 30.7 Å². The van der Waals surface area contributed by atoms with Gasteiger partial charge in [0.25, 0.3) is 0 Å². The van der Waals surface area contributed by atoms with Crippen molar-refractivity contribution in [3.8, 4) is 0 Å². The lowest BCUT2D eigenvalue weighted by Gasteiger charge is -2.27. The molecule has 0 aliphatic heterocycles. The Bertz CT molecular complexity index is 390. The average molecular weight is 270 g/mol. The van der Waals surface area contributed by atoms with Crippen LogP contribution in [0.4, 0.5) is 5.13 Å². The molecule has 0 aliphatic rings. The number of nitrogens with zero attached hydrogens (tertiary/aromatic N) is 2. The van der Waals surface area contributed by atoms with Crippen molar-refractivity contribution in [1.29, 1.82) is 0 Å². The van der Waals surface area contributed by atoms with Crippen molar-refractivity contribution in [2.24, 2.45) is 5.92 Å². The molecule has 0 fully saturated rings. The van der Waals surface area contributed by atoms with Crippen LogP contribution in [-0.2, 0) is 16.0 Å². The van der Waals surface area contributed by atoms with E-state index in [1.54, 1.807) is 11.3 Å². The van der Waals surface area contributed by atoms with Gasteiger partial charge in [-0.05, 0) is 19.8 Å². The first kappa shape index (κ1) is 15.0. The van der Waals surface area contributed by atoms with Gasteiger partial charge in [0, 0.05) is 18.5 Å². The normalized spacial score (nSPS) is 12.6. The topological polar surface area (TPSA) is 42.4 Å². The van der Waals surface area contributed by atoms with Crippen molar-refractivity contribution in [1.82, 2.24) is 4.98 Å². The molecule has 1 atom stereocenters. The molecule has 0 aliphatic carbocycles. The summed E-state index contributed by atoms with van der Waals surface area (Å²) in [6.07, 6.45) is 0.258. The largest absolute Gasteiger partial charge is 0.466 e. The molecular weight excluding hydrogens is 248 g/mol. The fraction of sp³-hybridized carbons (Fsp3) is 0.692. The first-order valence-electron chi connectivity index (χ1n) is 6.28. The van der Waals surface area contributed by atoms with Crippen molar-refractivity contribution in [2.45, 2.75) is 40.2 Å². The fourth-order valence-corrected chi connectivity index (χ4v) is 2.40. The number of esters is 1. The van der Waals surface area contributed by atoms with Crippen molar-refractivity contribution in [2.75, 3.05) is 18.6 Å². The summed E-state index contributed by atoms with van der Waals surface area (Å²) in [7, 11) is 2.04. The zero-order valence-electron chi connectivity index (χ0n) is 11.8. The van der Waals surface area contributed by atoms with E-state index in [0.717, 1.165) is 10.8 Å². The first-order valence-corrected chi connectivity index (χ1v) is 7.16. The van der Waals surface area contributed by atoms with Crippen LogP contribution in [0.1, 0.15) is 33.4 Å². The van der Waals surface area contributed by atoms with E-state index in [1.807, 2.05) is 19.4 Å². The molecular formula is C13H22N2O2S. The lowest BCUT2D eigenvalue weighted by molar-refractivity contribution is -0.142. The second-order valence-corrected chi connectivity index (χ2v) is 5.54. The summed E-state index contributed by atoms with van der Waals surface area (Å²) < 4.78 is 4.91. The summed E-state index contributed by atoms with van der Waals surface area (Å²) in [5.41, 5.74) is 0.788. The Morgan fingerprint density at radius 2 is 2.17 bits per heavy atom. The Morgan fingerprint density at radius 3 is 2.72 bits per heavy atom. The van der Waals surface area contributed by atoms with Crippen LogP contribution >= 0.6 is 11.3 Å². The minimum atomic E-state index is -0.214. The van der Waals surface area contributed by atoms with Crippen molar-refractivity contribution in [3.05, 3.63) is 11.1 Å². The van der Waals surface area contributed by atoms with E-state index < -0.39 is 0 Å². The summed E-state index contributed by atoms with van der Waals surface area (Å²) in [5.74, 6) is 0.348. The van der Waals surface area contributed by atoms with Gasteiger partial charge in [0.15, 0.2) is 5.13 Å². The van der Waals surface area contributed by atoms with E-state index in [0.29, 0.717) is 18.6 Å². The number of hydrogen-bond donors (Lipinski definition) is 0. The Labute approximate surface area is 113 Å². The molecule has 1 heterocycles. The molecule has 0 saturated carbocycles. The molecule has 1 aromatic heterocycles. The van der Waals surface area contributed by atoms with Gasteiger partial charge in [-0.25, -0.2) is 4.98 Å². The van der Waals surface area contributed by atoms with Crippen LogP contribution in [0.25, 0.3) is 0 Å². The smallest absolute Gasteiger partial charge is 0.311 e. The third-order valence-corrected chi connectivity index (χ3v) is 4.03. The maximum Gasteiger partial charge on any atom is 0.311 e. The maximum absolute atomic E-state index is 11.4. The minimum Gasteiger partial charge on any atom is -0.466 e. The van der Waals surface area contributed by atoms with E-state index in [1.165, 1.54) is 0 Å². The second kappa shape index (κ2) is 6.73. The van der Waals surface area contributed by atoms with Crippen LogP contribution in [-0.4, -0.2) is 30.6 Å². The SMILES string of the molecule is CCOC(=O)Cc1csc(N(C)C(C)C(C)C)n1. The molecule has 0 amide bonds. The monoisotopic (exact) mass is 270 g/mol. The zero-order valence-corrected chi connectivity index (χ0v) is 12.6. The number of thiazole rings is 1. The molecule has 5 heteroatoms. The molecule has 18 heavy (non-hydrogen) atoms. The summed E-state index contributed by atoms with van der Waals surface area (Å²) in [6, 6.07) is 0.423. The van der Waals surface area contributed by atoms with Gasteiger partial charge in [0.05, 0.1) is 18.7 Å². The number of hydrogen-bond acceptors (Lipinski definition) is 5. The second-order valence-electron chi connectivity index (χ2n) is 4.70.